The maximum Gasteiger partial charge on any atom is 0.410 e. The van der Waals surface area contributed by atoms with Gasteiger partial charge in [0, 0.05) is 18.5 Å². The number of benzene rings is 3. The number of hydrogen-bond donors (Lipinski definition) is 3. The van der Waals surface area contributed by atoms with E-state index in [1.807, 2.05) is 48.5 Å². The molecule has 5 rings (SSSR count). The molecule has 0 saturated carbocycles. The average molecular weight is 804 g/mol. The number of esters is 1. The summed E-state index contributed by atoms with van der Waals surface area (Å²) in [5.74, 6) is -6.18. The molecule has 310 valence electrons. The molecule has 3 aromatic carbocycles. The number of fused-ring (bicyclic) bond motifs is 3. The van der Waals surface area contributed by atoms with Crippen LogP contribution in [0.25, 0.3) is 11.1 Å². The Kier molecular flexibility index (Phi) is 13.9. The van der Waals surface area contributed by atoms with E-state index in [9.17, 15) is 28.8 Å². The molecule has 1 saturated heterocycles. The summed E-state index contributed by atoms with van der Waals surface area (Å²) in [6.45, 7) is 8.42. The fourth-order valence-electron chi connectivity index (χ4n) is 7.73. The minimum absolute atomic E-state index is 0.0683. The number of carbonyl (C=O) groups excluding carboxylic acids is 6. The fourth-order valence-corrected chi connectivity index (χ4v) is 7.73. The Morgan fingerprint density at radius 2 is 1.31 bits per heavy atom. The Bertz CT molecular complexity index is 1980. The minimum atomic E-state index is -1.59. The highest BCUT2D eigenvalue weighted by molar-refractivity contribution is 5.96. The number of halogens is 2. The van der Waals surface area contributed by atoms with E-state index in [0.29, 0.717) is 6.42 Å². The maximum atomic E-state index is 15.1. The molecular weight excluding hydrogens is 752 g/mol. The molecule has 15 heteroatoms. The molecule has 1 aliphatic carbocycles. The van der Waals surface area contributed by atoms with Gasteiger partial charge in [0.15, 0.2) is 0 Å². The second-order valence-corrected chi connectivity index (χ2v) is 15.3. The van der Waals surface area contributed by atoms with Gasteiger partial charge in [0.1, 0.15) is 41.8 Å². The van der Waals surface area contributed by atoms with Crippen molar-refractivity contribution >= 4 is 35.7 Å². The molecule has 0 bridgehead atoms. The second-order valence-electron chi connectivity index (χ2n) is 15.3. The van der Waals surface area contributed by atoms with Gasteiger partial charge in [-0.25, -0.2) is 18.4 Å². The largest absolute Gasteiger partial charge is 0.467 e. The predicted molar refractivity (Wildman–Crippen MR) is 210 cm³/mol. The van der Waals surface area contributed by atoms with E-state index in [1.54, 1.807) is 27.7 Å². The molecule has 2 aliphatic rings. The molecule has 5 amide bonds. The molecule has 1 heterocycles. The average Bonchev–Trinajstić information content (AvgIpc) is 3.83. The molecule has 13 nitrogen and oxygen atoms in total. The zero-order chi connectivity index (χ0) is 42.4. The lowest BCUT2D eigenvalue weighted by molar-refractivity contribution is -0.147. The van der Waals surface area contributed by atoms with Crippen molar-refractivity contribution in [1.29, 1.82) is 0 Å². The Hall–Kier alpha value is -5.86. The van der Waals surface area contributed by atoms with Crippen LogP contribution < -0.4 is 16.0 Å². The highest BCUT2D eigenvalue weighted by atomic mass is 19.1. The molecule has 5 atom stereocenters. The lowest BCUT2D eigenvalue weighted by Crippen LogP contribution is -2.60. The number of methoxy groups -OCH3 is 2. The molecule has 1 aliphatic heterocycles. The smallest absolute Gasteiger partial charge is 0.410 e. The Morgan fingerprint density at radius 1 is 0.741 bits per heavy atom. The number of carbonyl (C=O) groups is 6. The van der Waals surface area contributed by atoms with Gasteiger partial charge in [-0.05, 0) is 66.0 Å². The first-order valence-electron chi connectivity index (χ1n) is 19.4. The predicted octanol–water partition coefficient (Wildman–Crippen LogP) is 4.66. The van der Waals surface area contributed by atoms with Crippen molar-refractivity contribution in [1.82, 2.24) is 25.8 Å². The lowest BCUT2D eigenvalue weighted by atomic mass is 9.99. The van der Waals surface area contributed by atoms with Gasteiger partial charge in [-0.1, -0.05) is 82.3 Å². The van der Waals surface area contributed by atoms with Gasteiger partial charge in [-0.15, -0.1) is 0 Å². The number of likely N-dealkylation sites (tertiary alicyclic amines) is 1. The van der Waals surface area contributed by atoms with Crippen molar-refractivity contribution in [2.75, 3.05) is 20.8 Å². The molecule has 3 N–H and O–H groups in total. The Labute approximate surface area is 336 Å². The van der Waals surface area contributed by atoms with Gasteiger partial charge >= 0.3 is 12.1 Å². The zero-order valence-corrected chi connectivity index (χ0v) is 33.7. The number of nitrogens with zero attached hydrogens (tertiary/aromatic N) is 2. The lowest BCUT2D eigenvalue weighted by Gasteiger charge is -2.35. The van der Waals surface area contributed by atoms with Crippen molar-refractivity contribution < 1.29 is 47.0 Å². The Morgan fingerprint density at radius 3 is 1.84 bits per heavy atom. The van der Waals surface area contributed by atoms with E-state index in [0.717, 1.165) is 34.4 Å². The summed E-state index contributed by atoms with van der Waals surface area (Å²) in [5, 5.41) is 8.04. The van der Waals surface area contributed by atoms with Crippen LogP contribution in [-0.4, -0.2) is 96.5 Å². The minimum Gasteiger partial charge on any atom is -0.467 e. The van der Waals surface area contributed by atoms with Crippen LogP contribution in [0.4, 0.5) is 13.6 Å². The second kappa shape index (κ2) is 18.6. The number of amides is 5. The van der Waals surface area contributed by atoms with Crippen molar-refractivity contribution in [3.05, 3.63) is 95.1 Å². The SMILES string of the molecule is COC(=O)[C@@H](NC(=O)[C@@H](NC(=O)[C@@H]1CCCN1C(=O)[C@H](Cc1c(F)cccc1F)NC(=O)[C@H](C)N(C(=O)OC)C1c2ccccc2-c2ccccc21)C(C)C)C(C)C. The van der Waals surface area contributed by atoms with E-state index < -0.39 is 101 Å². The quantitative estimate of drug-likeness (QED) is 0.198. The number of ether oxygens (including phenoxy) is 2. The summed E-state index contributed by atoms with van der Waals surface area (Å²) in [5.41, 5.74) is 2.77. The van der Waals surface area contributed by atoms with Crippen LogP contribution in [0.1, 0.15) is 70.2 Å². The molecule has 3 aromatic rings. The standard InChI is InChI=1S/C43H51F2N5O8/c1-23(2)35(40(53)48-36(24(3)4)42(55)57-6)47-39(52)34-20-13-21-49(34)41(54)33(22-30-31(44)18-12-19-32(30)45)46-38(51)25(5)50(43(56)58-7)37-28-16-10-8-14-26(28)27-15-9-11-17-29(27)37/h8-12,14-19,23-25,33-37H,13,20-22H2,1-7H3,(H,46,51)(H,47,52)(H,48,53)/t25-,33-,34-,35-,36-/m0/s1. The third-order valence-electron chi connectivity index (χ3n) is 10.9. The zero-order valence-electron chi connectivity index (χ0n) is 33.7. The van der Waals surface area contributed by atoms with Crippen molar-refractivity contribution in [2.45, 2.75) is 90.1 Å². The third-order valence-corrected chi connectivity index (χ3v) is 10.9. The summed E-state index contributed by atoms with van der Waals surface area (Å²) in [6.07, 6.45) is -0.868. The van der Waals surface area contributed by atoms with Crippen LogP contribution in [0.3, 0.4) is 0 Å². The Balaban J connectivity index is 1.43. The fraction of sp³-hybridized carbons (Fsp3) is 0.442. The summed E-state index contributed by atoms with van der Waals surface area (Å²) in [6, 6.07) is 11.3. The summed E-state index contributed by atoms with van der Waals surface area (Å²) in [7, 11) is 2.39. The highest BCUT2D eigenvalue weighted by Crippen LogP contribution is 2.47. The third kappa shape index (κ3) is 8.98. The number of nitrogens with one attached hydrogen (secondary N) is 3. The number of rotatable bonds is 14. The first-order valence-corrected chi connectivity index (χ1v) is 19.4. The molecule has 0 aromatic heterocycles. The normalized spacial score (nSPS) is 16.7. The van der Waals surface area contributed by atoms with Crippen molar-refractivity contribution in [3.63, 3.8) is 0 Å². The molecule has 1 fully saturated rings. The van der Waals surface area contributed by atoms with Crippen molar-refractivity contribution in [2.24, 2.45) is 11.8 Å². The van der Waals surface area contributed by atoms with Crippen LogP contribution in [0.2, 0.25) is 0 Å². The van der Waals surface area contributed by atoms with Crippen LogP contribution in [0, 0.1) is 23.5 Å². The van der Waals surface area contributed by atoms with Crippen LogP contribution >= 0.6 is 0 Å². The summed E-state index contributed by atoms with van der Waals surface area (Å²) >= 11 is 0. The van der Waals surface area contributed by atoms with E-state index in [1.165, 1.54) is 37.0 Å². The van der Waals surface area contributed by atoms with Crippen LogP contribution in [0.5, 0.6) is 0 Å². The van der Waals surface area contributed by atoms with Gasteiger partial charge in [-0.3, -0.25) is 24.1 Å². The van der Waals surface area contributed by atoms with E-state index >= 15 is 8.78 Å². The van der Waals surface area contributed by atoms with E-state index in [2.05, 4.69) is 16.0 Å². The number of hydrogen-bond acceptors (Lipinski definition) is 8. The molecular formula is C43H51F2N5O8. The molecule has 0 spiro atoms. The van der Waals surface area contributed by atoms with Gasteiger partial charge in [-0.2, -0.15) is 0 Å². The van der Waals surface area contributed by atoms with Crippen molar-refractivity contribution in [3.8, 4) is 11.1 Å². The molecule has 0 unspecified atom stereocenters. The van der Waals surface area contributed by atoms with Gasteiger partial charge < -0.3 is 30.3 Å². The van der Waals surface area contributed by atoms with E-state index in [4.69, 9.17) is 9.47 Å². The molecule has 58 heavy (non-hydrogen) atoms. The first-order chi connectivity index (χ1) is 27.6. The first kappa shape index (κ1) is 43.3. The van der Waals surface area contributed by atoms with Crippen LogP contribution in [0.15, 0.2) is 66.7 Å². The van der Waals surface area contributed by atoms with Gasteiger partial charge in [0.25, 0.3) is 0 Å². The summed E-state index contributed by atoms with van der Waals surface area (Å²) in [4.78, 5) is 84.6. The topological polar surface area (TPSA) is 163 Å². The van der Waals surface area contributed by atoms with Gasteiger partial charge in [0.05, 0.1) is 20.3 Å². The van der Waals surface area contributed by atoms with E-state index in [-0.39, 0.29) is 18.9 Å². The molecule has 0 radical (unpaired) electrons. The summed E-state index contributed by atoms with van der Waals surface area (Å²) < 4.78 is 40.3. The monoisotopic (exact) mass is 803 g/mol. The van der Waals surface area contributed by atoms with Gasteiger partial charge in [0.2, 0.25) is 23.6 Å². The highest BCUT2D eigenvalue weighted by Gasteiger charge is 2.44. The van der Waals surface area contributed by atoms with Crippen LogP contribution in [-0.2, 0) is 39.9 Å². The maximum absolute atomic E-state index is 15.1.